The van der Waals surface area contributed by atoms with Gasteiger partial charge in [0.2, 0.25) is 0 Å². The lowest BCUT2D eigenvalue weighted by atomic mass is 9.98. The fourth-order valence-corrected chi connectivity index (χ4v) is 2.57. The second-order valence-corrected chi connectivity index (χ2v) is 9.95. The number of allylic oxidation sites excluding steroid dienone is 4. The van der Waals surface area contributed by atoms with E-state index in [9.17, 15) is 0 Å². The SMILES string of the molecule is C=CCC.C=CCCC.C=CCCCC.C=CCCCC.CCCCC(O)CO.CCCCCCO.[B]C1CCCO1. The van der Waals surface area contributed by atoms with E-state index in [0.29, 0.717) is 6.61 Å². The lowest BCUT2D eigenvalue weighted by molar-refractivity contribution is 0.0865. The van der Waals surface area contributed by atoms with Gasteiger partial charge in [0.1, 0.15) is 7.85 Å². The van der Waals surface area contributed by atoms with E-state index in [-0.39, 0.29) is 12.6 Å². The van der Waals surface area contributed by atoms with E-state index in [0.717, 1.165) is 58.0 Å². The maximum absolute atomic E-state index is 8.74. The zero-order chi connectivity index (χ0) is 33.5. The second-order valence-electron chi connectivity index (χ2n) is 9.95. The van der Waals surface area contributed by atoms with Gasteiger partial charge in [-0.05, 0) is 51.4 Å². The van der Waals surface area contributed by atoms with Gasteiger partial charge >= 0.3 is 0 Å². The topological polar surface area (TPSA) is 69.9 Å². The maximum atomic E-state index is 8.74. The molecule has 1 aliphatic heterocycles. The van der Waals surface area contributed by atoms with Gasteiger partial charge in [-0.2, -0.15) is 0 Å². The summed E-state index contributed by atoms with van der Waals surface area (Å²) < 4.78 is 4.93. The molecule has 42 heavy (non-hydrogen) atoms. The number of rotatable bonds is 17. The van der Waals surface area contributed by atoms with E-state index in [1.807, 2.05) is 24.3 Å². The quantitative estimate of drug-likeness (QED) is 0.0887. The summed E-state index contributed by atoms with van der Waals surface area (Å²) in [4.78, 5) is 0. The zero-order valence-corrected chi connectivity index (χ0v) is 29.5. The Morgan fingerprint density at radius 3 is 1.36 bits per heavy atom. The van der Waals surface area contributed by atoms with E-state index in [1.165, 1.54) is 64.2 Å². The molecule has 2 radical (unpaired) electrons. The Kier molecular flexibility index (Phi) is 80.4. The summed E-state index contributed by atoms with van der Waals surface area (Å²) in [6.45, 7) is 28.1. The molecule has 0 aromatic rings. The highest BCUT2D eigenvalue weighted by molar-refractivity contribution is 6.11. The molecule has 1 saturated heterocycles. The van der Waals surface area contributed by atoms with Crippen molar-refractivity contribution in [2.24, 2.45) is 0 Å². The van der Waals surface area contributed by atoms with Crippen LogP contribution in [0.5, 0.6) is 0 Å². The molecule has 5 heteroatoms. The van der Waals surface area contributed by atoms with Crippen LogP contribution in [0.4, 0.5) is 0 Å². The summed E-state index contributed by atoms with van der Waals surface area (Å²) in [5.41, 5.74) is 0. The van der Waals surface area contributed by atoms with Crippen molar-refractivity contribution >= 4 is 7.85 Å². The van der Waals surface area contributed by atoms with E-state index in [2.05, 4.69) is 67.9 Å². The molecular formula is C37H77BO4. The smallest absolute Gasteiger partial charge is 0.108 e. The van der Waals surface area contributed by atoms with Crippen molar-refractivity contribution in [1.82, 2.24) is 0 Å². The van der Waals surface area contributed by atoms with Crippen molar-refractivity contribution in [3.8, 4) is 0 Å². The summed E-state index contributed by atoms with van der Waals surface area (Å²) in [7, 11) is 5.31. The molecule has 0 saturated carbocycles. The van der Waals surface area contributed by atoms with Crippen LogP contribution in [0.2, 0.25) is 0 Å². The molecule has 1 aliphatic rings. The molecule has 0 aromatic carbocycles. The van der Waals surface area contributed by atoms with Crippen molar-refractivity contribution in [3.05, 3.63) is 50.6 Å². The van der Waals surface area contributed by atoms with E-state index < -0.39 is 6.10 Å². The summed E-state index contributed by atoms with van der Waals surface area (Å²) in [5, 5.41) is 25.3. The van der Waals surface area contributed by atoms with Crippen LogP contribution in [0.3, 0.4) is 0 Å². The minimum Gasteiger partial charge on any atom is -0.396 e. The number of hydrogen-bond acceptors (Lipinski definition) is 4. The molecule has 1 fully saturated rings. The molecule has 252 valence electrons. The molecule has 3 N–H and O–H groups in total. The van der Waals surface area contributed by atoms with Gasteiger partial charge in [-0.1, -0.05) is 130 Å². The first kappa shape index (κ1) is 53.4. The van der Waals surface area contributed by atoms with Crippen LogP contribution >= 0.6 is 0 Å². The lowest BCUT2D eigenvalue weighted by Gasteiger charge is -2.02. The molecule has 0 spiro atoms. The summed E-state index contributed by atoms with van der Waals surface area (Å²) in [6, 6.07) is 0.0463. The predicted molar refractivity (Wildman–Crippen MR) is 194 cm³/mol. The zero-order valence-electron chi connectivity index (χ0n) is 29.5. The van der Waals surface area contributed by atoms with Crippen molar-refractivity contribution in [2.75, 3.05) is 19.8 Å². The first-order valence-corrected chi connectivity index (χ1v) is 17.0. The number of unbranched alkanes of at least 4 members (excludes halogenated alkanes) is 9. The predicted octanol–water partition coefficient (Wildman–Crippen LogP) is 10.7. The Labute approximate surface area is 267 Å². The van der Waals surface area contributed by atoms with Gasteiger partial charge in [-0.25, -0.2) is 0 Å². The molecule has 2 unspecified atom stereocenters. The summed E-state index contributed by atoms with van der Waals surface area (Å²) in [6.07, 6.45) is 27.9. The third kappa shape index (κ3) is 90.1. The van der Waals surface area contributed by atoms with Gasteiger partial charge in [0, 0.05) is 19.2 Å². The van der Waals surface area contributed by atoms with Crippen LogP contribution in [0.15, 0.2) is 50.6 Å². The highest BCUT2D eigenvalue weighted by Crippen LogP contribution is 2.06. The van der Waals surface area contributed by atoms with Gasteiger partial charge in [-0.3, -0.25) is 0 Å². The van der Waals surface area contributed by atoms with Gasteiger partial charge in [0.05, 0.1) is 12.7 Å². The lowest BCUT2D eigenvalue weighted by Crippen LogP contribution is -2.10. The average Bonchev–Trinajstić information content (AvgIpc) is 3.50. The van der Waals surface area contributed by atoms with Crippen LogP contribution in [-0.4, -0.2) is 55.1 Å². The van der Waals surface area contributed by atoms with E-state index in [4.69, 9.17) is 27.9 Å². The molecule has 1 heterocycles. The highest BCUT2D eigenvalue weighted by atomic mass is 16.5. The molecule has 4 nitrogen and oxygen atoms in total. The molecule has 0 aromatic heterocycles. The Bertz CT molecular complexity index is 421. The molecule has 2 atom stereocenters. The van der Waals surface area contributed by atoms with E-state index >= 15 is 0 Å². The fraction of sp³-hybridized carbons (Fsp3) is 0.784. The second kappa shape index (κ2) is 63.2. The molecule has 0 amide bonds. The van der Waals surface area contributed by atoms with Crippen molar-refractivity contribution < 1.29 is 20.1 Å². The standard InChI is InChI=1S/C6H14O2.C6H14O.2C6H12.C5H10.C4H7BO.C4H8/c1-2-3-4-6(8)5-7;1-2-3-4-5-6-7;2*1-3-5-6-4-2;1-3-5-4-2;5-4-2-1-3-6-4;1-3-4-2/h6-8H,2-5H2,1H3;7H,2-6H2,1H3;2*3H,1,4-6H2,2H3;3H,1,4-5H2,2H3;4H,1-3H2;3H,1,4H2,2H3. The number of aliphatic hydroxyl groups excluding tert-OH is 3. The largest absolute Gasteiger partial charge is 0.396 e. The third-order valence-electron chi connectivity index (χ3n) is 5.38. The maximum Gasteiger partial charge on any atom is 0.108 e. The van der Waals surface area contributed by atoms with Crippen molar-refractivity contribution in [1.29, 1.82) is 0 Å². The van der Waals surface area contributed by atoms with Crippen LogP contribution in [0.1, 0.15) is 157 Å². The first-order valence-electron chi connectivity index (χ1n) is 17.0. The van der Waals surface area contributed by atoms with Crippen LogP contribution in [-0.2, 0) is 4.74 Å². The molecular weight excluding hydrogens is 519 g/mol. The average molecular weight is 597 g/mol. The molecule has 0 aliphatic carbocycles. The molecule has 0 bridgehead atoms. The Morgan fingerprint density at radius 1 is 0.690 bits per heavy atom. The number of ether oxygens (including phenoxy) is 1. The Morgan fingerprint density at radius 2 is 1.17 bits per heavy atom. The van der Waals surface area contributed by atoms with Crippen LogP contribution in [0.25, 0.3) is 0 Å². The number of aliphatic hydroxyl groups is 3. The fourth-order valence-electron chi connectivity index (χ4n) is 2.57. The van der Waals surface area contributed by atoms with Crippen LogP contribution in [0, 0.1) is 0 Å². The van der Waals surface area contributed by atoms with E-state index in [1.54, 1.807) is 0 Å². The first-order chi connectivity index (χ1) is 20.3. The van der Waals surface area contributed by atoms with Gasteiger partial charge in [0.15, 0.2) is 0 Å². The van der Waals surface area contributed by atoms with Crippen molar-refractivity contribution in [2.45, 2.75) is 169 Å². The third-order valence-corrected chi connectivity index (χ3v) is 5.38. The Balaban J connectivity index is -0.0000000908. The normalized spacial score (nSPS) is 12.9. The van der Waals surface area contributed by atoms with Gasteiger partial charge in [0.25, 0.3) is 0 Å². The summed E-state index contributed by atoms with van der Waals surface area (Å²) >= 11 is 0. The Hall–Kier alpha value is -1.14. The van der Waals surface area contributed by atoms with Crippen LogP contribution < -0.4 is 0 Å². The minimum absolute atomic E-state index is 0.0463. The monoisotopic (exact) mass is 597 g/mol. The number of hydrogen-bond donors (Lipinski definition) is 3. The van der Waals surface area contributed by atoms with Gasteiger partial charge in [-0.15, -0.1) is 26.3 Å². The summed E-state index contributed by atoms with van der Waals surface area (Å²) in [5.74, 6) is 0. The highest BCUT2D eigenvalue weighted by Gasteiger charge is 2.06. The van der Waals surface area contributed by atoms with Gasteiger partial charge < -0.3 is 20.1 Å². The van der Waals surface area contributed by atoms with Crippen molar-refractivity contribution in [3.63, 3.8) is 0 Å². The molecule has 1 rings (SSSR count). The minimum atomic E-state index is -0.491.